The van der Waals surface area contributed by atoms with Crippen LogP contribution in [0.15, 0.2) is 0 Å². The van der Waals surface area contributed by atoms with Crippen LogP contribution in [-0.4, -0.2) is 28.6 Å². The molecule has 3 aliphatic rings. The highest BCUT2D eigenvalue weighted by Crippen LogP contribution is 2.43. The van der Waals surface area contributed by atoms with E-state index in [0.29, 0.717) is 23.3 Å². The Labute approximate surface area is 129 Å². The van der Waals surface area contributed by atoms with E-state index in [4.69, 9.17) is 0 Å². The molecule has 2 aliphatic carbocycles. The summed E-state index contributed by atoms with van der Waals surface area (Å²) in [5.41, 5.74) is 0.257. The molecule has 1 aliphatic heterocycles. The SMILES string of the molecule is CC(C)C1NC2(CCCC2)C(=O)N1C1CCC(C)(C)CC1. The Morgan fingerprint density at radius 1 is 1.10 bits per heavy atom. The number of hydrogen-bond acceptors (Lipinski definition) is 2. The average molecular weight is 292 g/mol. The van der Waals surface area contributed by atoms with Gasteiger partial charge in [-0.1, -0.05) is 40.5 Å². The molecular formula is C18H32N2O. The van der Waals surface area contributed by atoms with Crippen LogP contribution in [0.25, 0.3) is 0 Å². The van der Waals surface area contributed by atoms with Gasteiger partial charge in [0, 0.05) is 6.04 Å². The van der Waals surface area contributed by atoms with Gasteiger partial charge in [0.15, 0.2) is 0 Å². The van der Waals surface area contributed by atoms with Crippen LogP contribution in [0.1, 0.15) is 79.1 Å². The topological polar surface area (TPSA) is 32.3 Å². The first-order valence-corrected chi connectivity index (χ1v) is 8.95. The van der Waals surface area contributed by atoms with E-state index in [1.807, 2.05) is 0 Å². The molecule has 1 atom stereocenters. The summed E-state index contributed by atoms with van der Waals surface area (Å²) >= 11 is 0. The smallest absolute Gasteiger partial charge is 0.244 e. The van der Waals surface area contributed by atoms with Gasteiger partial charge in [0.2, 0.25) is 5.91 Å². The van der Waals surface area contributed by atoms with Crippen molar-refractivity contribution in [3.8, 4) is 0 Å². The number of amides is 1. The third kappa shape index (κ3) is 2.62. The summed E-state index contributed by atoms with van der Waals surface area (Å²) in [6.07, 6.45) is 9.61. The number of hydrogen-bond donors (Lipinski definition) is 1. The number of carbonyl (C=O) groups is 1. The van der Waals surface area contributed by atoms with Crippen LogP contribution in [0.5, 0.6) is 0 Å². The monoisotopic (exact) mass is 292 g/mol. The van der Waals surface area contributed by atoms with Gasteiger partial charge in [-0.25, -0.2) is 0 Å². The first-order chi connectivity index (χ1) is 9.85. The maximum absolute atomic E-state index is 13.2. The predicted octanol–water partition coefficient (Wildman–Crippen LogP) is 3.68. The van der Waals surface area contributed by atoms with Crippen molar-refractivity contribution in [2.75, 3.05) is 0 Å². The minimum atomic E-state index is -0.206. The Morgan fingerprint density at radius 3 is 2.19 bits per heavy atom. The fourth-order valence-corrected chi connectivity index (χ4v) is 4.67. The van der Waals surface area contributed by atoms with Gasteiger partial charge in [0.05, 0.1) is 11.7 Å². The molecule has 1 spiro atoms. The molecule has 1 heterocycles. The average Bonchev–Trinajstić information content (AvgIpc) is 2.99. The van der Waals surface area contributed by atoms with Gasteiger partial charge in [-0.15, -0.1) is 0 Å². The fraction of sp³-hybridized carbons (Fsp3) is 0.944. The lowest BCUT2D eigenvalue weighted by Crippen LogP contribution is -2.49. The summed E-state index contributed by atoms with van der Waals surface area (Å²) in [6, 6.07) is 0.463. The second-order valence-corrected chi connectivity index (χ2v) is 8.73. The van der Waals surface area contributed by atoms with Crippen molar-refractivity contribution >= 4 is 5.91 Å². The number of rotatable bonds is 2. The summed E-state index contributed by atoms with van der Waals surface area (Å²) in [4.78, 5) is 15.4. The van der Waals surface area contributed by atoms with Crippen LogP contribution in [0.2, 0.25) is 0 Å². The van der Waals surface area contributed by atoms with Crippen molar-refractivity contribution in [1.82, 2.24) is 10.2 Å². The molecule has 1 saturated heterocycles. The molecule has 1 N–H and O–H groups in total. The van der Waals surface area contributed by atoms with Crippen molar-refractivity contribution in [3.63, 3.8) is 0 Å². The van der Waals surface area contributed by atoms with Gasteiger partial charge in [0.25, 0.3) is 0 Å². The lowest BCUT2D eigenvalue weighted by atomic mass is 9.75. The summed E-state index contributed by atoms with van der Waals surface area (Å²) in [6.45, 7) is 9.23. The molecule has 0 radical (unpaired) electrons. The van der Waals surface area contributed by atoms with E-state index in [2.05, 4.69) is 37.9 Å². The number of nitrogens with one attached hydrogen (secondary N) is 1. The lowest BCUT2D eigenvalue weighted by molar-refractivity contribution is -0.137. The van der Waals surface area contributed by atoms with Crippen LogP contribution in [0.4, 0.5) is 0 Å². The highest BCUT2D eigenvalue weighted by Gasteiger charge is 2.54. The summed E-state index contributed by atoms with van der Waals surface area (Å²) in [5, 5.41) is 3.76. The van der Waals surface area contributed by atoms with E-state index in [0.717, 1.165) is 12.8 Å². The quantitative estimate of drug-likeness (QED) is 0.842. The minimum Gasteiger partial charge on any atom is -0.322 e. The normalized spacial score (nSPS) is 32.5. The Hall–Kier alpha value is -0.570. The van der Waals surface area contributed by atoms with E-state index < -0.39 is 0 Å². The molecule has 3 fully saturated rings. The lowest BCUT2D eigenvalue weighted by Gasteiger charge is -2.41. The van der Waals surface area contributed by atoms with Crippen molar-refractivity contribution in [3.05, 3.63) is 0 Å². The van der Waals surface area contributed by atoms with Crippen LogP contribution >= 0.6 is 0 Å². The maximum atomic E-state index is 13.2. The van der Waals surface area contributed by atoms with Gasteiger partial charge >= 0.3 is 0 Å². The minimum absolute atomic E-state index is 0.206. The number of nitrogens with zero attached hydrogens (tertiary/aromatic N) is 1. The van der Waals surface area contributed by atoms with Crippen molar-refractivity contribution in [2.24, 2.45) is 11.3 Å². The third-order valence-electron chi connectivity index (χ3n) is 6.16. The first kappa shape index (κ1) is 15.3. The van der Waals surface area contributed by atoms with Crippen LogP contribution in [0, 0.1) is 11.3 Å². The largest absolute Gasteiger partial charge is 0.322 e. The summed E-state index contributed by atoms with van der Waals surface area (Å²) in [5.74, 6) is 0.910. The Morgan fingerprint density at radius 2 is 1.67 bits per heavy atom. The van der Waals surface area contributed by atoms with Gasteiger partial charge in [-0.05, 0) is 49.9 Å². The Balaban J connectivity index is 1.80. The molecule has 3 heteroatoms. The molecule has 21 heavy (non-hydrogen) atoms. The van der Waals surface area contributed by atoms with Gasteiger partial charge in [-0.2, -0.15) is 0 Å². The van der Waals surface area contributed by atoms with E-state index >= 15 is 0 Å². The van der Waals surface area contributed by atoms with Crippen molar-refractivity contribution in [1.29, 1.82) is 0 Å². The van der Waals surface area contributed by atoms with Crippen molar-refractivity contribution < 1.29 is 4.79 Å². The molecule has 0 aromatic rings. The molecule has 120 valence electrons. The van der Waals surface area contributed by atoms with Crippen LogP contribution in [0.3, 0.4) is 0 Å². The molecule has 0 bridgehead atoms. The molecular weight excluding hydrogens is 260 g/mol. The zero-order valence-corrected chi connectivity index (χ0v) is 14.2. The van der Waals surface area contributed by atoms with Crippen molar-refractivity contribution in [2.45, 2.75) is 96.8 Å². The molecule has 0 aromatic carbocycles. The van der Waals surface area contributed by atoms with Gasteiger partial charge in [-0.3, -0.25) is 10.1 Å². The molecule has 1 unspecified atom stereocenters. The molecule has 0 aromatic heterocycles. The third-order valence-corrected chi connectivity index (χ3v) is 6.16. The van der Waals surface area contributed by atoms with Crippen LogP contribution < -0.4 is 5.32 Å². The second kappa shape index (κ2) is 5.26. The predicted molar refractivity (Wildman–Crippen MR) is 85.8 cm³/mol. The molecule has 2 saturated carbocycles. The second-order valence-electron chi connectivity index (χ2n) is 8.73. The fourth-order valence-electron chi connectivity index (χ4n) is 4.67. The molecule has 1 amide bonds. The van der Waals surface area contributed by atoms with Gasteiger partial charge < -0.3 is 4.90 Å². The summed E-state index contributed by atoms with van der Waals surface area (Å²) < 4.78 is 0. The molecule has 3 rings (SSSR count). The number of carbonyl (C=O) groups excluding carboxylic acids is 1. The van der Waals surface area contributed by atoms with E-state index in [1.165, 1.54) is 38.5 Å². The first-order valence-electron chi connectivity index (χ1n) is 8.95. The van der Waals surface area contributed by atoms with E-state index in [9.17, 15) is 4.79 Å². The van der Waals surface area contributed by atoms with E-state index in [-0.39, 0.29) is 11.7 Å². The zero-order valence-electron chi connectivity index (χ0n) is 14.2. The summed E-state index contributed by atoms with van der Waals surface area (Å²) in [7, 11) is 0. The zero-order chi connectivity index (χ0) is 15.3. The van der Waals surface area contributed by atoms with Gasteiger partial charge in [0.1, 0.15) is 0 Å². The Bertz CT molecular complexity index is 399. The maximum Gasteiger partial charge on any atom is 0.244 e. The standard InChI is InChI=1S/C18H32N2O/c1-13(2)15-19-18(9-5-6-10-18)16(21)20(15)14-7-11-17(3,4)12-8-14/h13-15,19H,5-12H2,1-4H3. The highest BCUT2D eigenvalue weighted by atomic mass is 16.2. The Kier molecular flexibility index (Phi) is 3.84. The van der Waals surface area contributed by atoms with Crippen LogP contribution in [-0.2, 0) is 4.79 Å². The van der Waals surface area contributed by atoms with E-state index in [1.54, 1.807) is 0 Å². The highest BCUT2D eigenvalue weighted by molar-refractivity contribution is 5.89. The molecule has 3 nitrogen and oxygen atoms in total.